The highest BCUT2D eigenvalue weighted by atomic mass is 127. The van der Waals surface area contributed by atoms with Gasteiger partial charge in [0, 0.05) is 9.64 Å². The summed E-state index contributed by atoms with van der Waals surface area (Å²) in [5.74, 6) is -0.321. The maximum Gasteiger partial charge on any atom is 0.299 e. The second-order valence-electron chi connectivity index (χ2n) is 4.73. The Bertz CT molecular complexity index is 725. The smallest absolute Gasteiger partial charge is 0.299 e. The van der Waals surface area contributed by atoms with E-state index in [2.05, 4.69) is 22.6 Å². The van der Waals surface area contributed by atoms with Crippen LogP contribution in [0, 0.1) is 3.57 Å². The molecule has 0 spiro atoms. The molecule has 106 valence electrons. The lowest BCUT2D eigenvalue weighted by Gasteiger charge is -2.17. The molecule has 1 amide bonds. The highest BCUT2D eigenvalue weighted by Gasteiger charge is 2.35. The Labute approximate surface area is 135 Å². The van der Waals surface area contributed by atoms with Gasteiger partial charge in [0.05, 0.1) is 24.9 Å². The van der Waals surface area contributed by atoms with Crippen LogP contribution in [-0.2, 0) is 11.3 Å². The Hall–Kier alpha value is -1.89. The van der Waals surface area contributed by atoms with Gasteiger partial charge in [-0.1, -0.05) is 12.1 Å². The van der Waals surface area contributed by atoms with Crippen LogP contribution in [-0.4, -0.2) is 18.8 Å². The van der Waals surface area contributed by atoms with Gasteiger partial charge in [-0.05, 0) is 52.4 Å². The number of hydrogen-bond acceptors (Lipinski definition) is 3. The van der Waals surface area contributed by atoms with Crippen LogP contribution in [0.3, 0.4) is 0 Å². The van der Waals surface area contributed by atoms with Crippen molar-refractivity contribution in [2.24, 2.45) is 0 Å². The lowest BCUT2D eigenvalue weighted by atomic mass is 10.1. The van der Waals surface area contributed by atoms with Gasteiger partial charge in [0.2, 0.25) is 0 Å². The summed E-state index contributed by atoms with van der Waals surface area (Å²) in [4.78, 5) is 25.7. The number of halogens is 1. The molecule has 1 aliphatic rings. The van der Waals surface area contributed by atoms with Gasteiger partial charge in [0.1, 0.15) is 5.75 Å². The van der Waals surface area contributed by atoms with Gasteiger partial charge in [-0.2, -0.15) is 0 Å². The van der Waals surface area contributed by atoms with Crippen molar-refractivity contribution in [3.8, 4) is 5.75 Å². The molecule has 0 aromatic heterocycles. The van der Waals surface area contributed by atoms with Gasteiger partial charge in [0.25, 0.3) is 11.7 Å². The zero-order valence-corrected chi connectivity index (χ0v) is 13.5. The Balaban J connectivity index is 1.98. The lowest BCUT2D eigenvalue weighted by Crippen LogP contribution is -2.29. The average molecular weight is 393 g/mol. The summed E-state index contributed by atoms with van der Waals surface area (Å²) in [5, 5.41) is 0. The average Bonchev–Trinajstić information content (AvgIpc) is 2.74. The molecule has 3 rings (SSSR count). The number of ether oxygens (including phenoxy) is 1. The summed E-state index contributed by atoms with van der Waals surface area (Å²) in [6, 6.07) is 12.9. The van der Waals surface area contributed by atoms with E-state index in [4.69, 9.17) is 4.74 Å². The van der Waals surface area contributed by atoms with Gasteiger partial charge in [0.15, 0.2) is 0 Å². The quantitative estimate of drug-likeness (QED) is 0.595. The minimum absolute atomic E-state index is 0.377. The highest BCUT2D eigenvalue weighted by Crippen LogP contribution is 2.33. The molecule has 21 heavy (non-hydrogen) atoms. The van der Waals surface area contributed by atoms with E-state index in [1.54, 1.807) is 25.3 Å². The first-order valence-electron chi connectivity index (χ1n) is 6.39. The largest absolute Gasteiger partial charge is 0.497 e. The molecule has 0 N–H and O–H groups in total. The van der Waals surface area contributed by atoms with Gasteiger partial charge in [-0.25, -0.2) is 0 Å². The Morgan fingerprint density at radius 2 is 1.81 bits per heavy atom. The third-order valence-corrected chi connectivity index (χ3v) is 4.15. The maximum atomic E-state index is 12.2. The molecule has 0 aliphatic carbocycles. The van der Waals surface area contributed by atoms with E-state index in [-0.39, 0.29) is 0 Å². The van der Waals surface area contributed by atoms with E-state index in [0.717, 1.165) is 9.13 Å². The standard InChI is InChI=1S/C16H12INO3/c1-21-12-6-7-13-14(8-12)18(16(20)15(13)19)9-10-2-4-11(17)5-3-10/h2-8H,9H2,1H3. The van der Waals surface area contributed by atoms with Crippen LogP contribution < -0.4 is 9.64 Å². The van der Waals surface area contributed by atoms with Crippen LogP contribution in [0.5, 0.6) is 5.75 Å². The van der Waals surface area contributed by atoms with E-state index < -0.39 is 11.7 Å². The van der Waals surface area contributed by atoms with Crippen LogP contribution in [0.1, 0.15) is 15.9 Å². The number of nitrogens with zero attached hydrogens (tertiary/aromatic N) is 1. The van der Waals surface area contributed by atoms with Crippen LogP contribution in [0.15, 0.2) is 42.5 Å². The number of methoxy groups -OCH3 is 1. The number of benzene rings is 2. The number of amides is 1. The SMILES string of the molecule is COc1ccc2c(c1)N(Cc1ccc(I)cc1)C(=O)C2=O. The number of ketones is 1. The number of hydrogen-bond donors (Lipinski definition) is 0. The Morgan fingerprint density at radius 1 is 1.10 bits per heavy atom. The molecule has 2 aromatic carbocycles. The molecule has 0 unspecified atom stereocenters. The molecular formula is C16H12INO3. The van der Waals surface area contributed by atoms with Gasteiger partial charge < -0.3 is 9.64 Å². The van der Waals surface area contributed by atoms with Crippen LogP contribution >= 0.6 is 22.6 Å². The first kappa shape index (κ1) is 14.1. The molecule has 2 aromatic rings. The normalized spacial score (nSPS) is 13.5. The van der Waals surface area contributed by atoms with Crippen molar-refractivity contribution in [3.63, 3.8) is 0 Å². The first-order chi connectivity index (χ1) is 10.1. The van der Waals surface area contributed by atoms with Crippen molar-refractivity contribution in [2.75, 3.05) is 12.0 Å². The second-order valence-corrected chi connectivity index (χ2v) is 5.98. The summed E-state index contributed by atoms with van der Waals surface area (Å²) in [5.41, 5.74) is 2.03. The molecule has 1 heterocycles. The Morgan fingerprint density at radius 3 is 2.48 bits per heavy atom. The second kappa shape index (κ2) is 5.48. The summed E-state index contributed by atoms with van der Waals surface area (Å²) in [7, 11) is 1.56. The third kappa shape index (κ3) is 2.53. The molecule has 0 saturated heterocycles. The molecule has 0 fully saturated rings. The number of fused-ring (bicyclic) bond motifs is 1. The molecule has 1 aliphatic heterocycles. The van der Waals surface area contributed by atoms with E-state index in [9.17, 15) is 9.59 Å². The van der Waals surface area contributed by atoms with Crippen molar-refractivity contribution in [1.29, 1.82) is 0 Å². The zero-order valence-electron chi connectivity index (χ0n) is 11.3. The number of carbonyl (C=O) groups excluding carboxylic acids is 2. The maximum absolute atomic E-state index is 12.2. The summed E-state index contributed by atoms with van der Waals surface area (Å²) >= 11 is 2.23. The molecule has 0 saturated carbocycles. The molecule has 0 bridgehead atoms. The summed E-state index contributed by atoms with van der Waals surface area (Å²) < 4.78 is 6.30. The van der Waals surface area contributed by atoms with Crippen LogP contribution in [0.4, 0.5) is 5.69 Å². The molecular weight excluding hydrogens is 381 g/mol. The van der Waals surface area contributed by atoms with Crippen LogP contribution in [0.25, 0.3) is 0 Å². The fraction of sp³-hybridized carbons (Fsp3) is 0.125. The fourth-order valence-electron chi connectivity index (χ4n) is 2.33. The van der Waals surface area contributed by atoms with E-state index in [1.807, 2.05) is 24.3 Å². The highest BCUT2D eigenvalue weighted by molar-refractivity contribution is 14.1. The predicted molar refractivity (Wildman–Crippen MR) is 87.7 cm³/mol. The first-order valence-corrected chi connectivity index (χ1v) is 7.46. The van der Waals surface area contributed by atoms with Crippen molar-refractivity contribution in [3.05, 3.63) is 57.2 Å². The van der Waals surface area contributed by atoms with Crippen molar-refractivity contribution < 1.29 is 14.3 Å². The number of anilines is 1. The van der Waals surface area contributed by atoms with E-state index in [1.165, 1.54) is 4.90 Å². The number of carbonyl (C=O) groups is 2. The van der Waals surface area contributed by atoms with Crippen LogP contribution in [0.2, 0.25) is 0 Å². The van der Waals surface area contributed by atoms with Gasteiger partial charge in [-0.3, -0.25) is 9.59 Å². The molecule has 5 heteroatoms. The molecule has 0 atom stereocenters. The Kier molecular flexibility index (Phi) is 3.67. The summed E-state index contributed by atoms with van der Waals surface area (Å²) in [6.45, 7) is 0.377. The number of rotatable bonds is 3. The van der Waals surface area contributed by atoms with Crippen molar-refractivity contribution in [1.82, 2.24) is 0 Å². The van der Waals surface area contributed by atoms with E-state index >= 15 is 0 Å². The minimum atomic E-state index is -0.489. The monoisotopic (exact) mass is 393 g/mol. The van der Waals surface area contributed by atoms with Crippen molar-refractivity contribution >= 4 is 40.0 Å². The molecule has 4 nitrogen and oxygen atoms in total. The van der Waals surface area contributed by atoms with Gasteiger partial charge >= 0.3 is 0 Å². The number of Topliss-reactive ketones (excluding diaryl/α,β-unsaturated/α-hetero) is 1. The van der Waals surface area contributed by atoms with Crippen molar-refractivity contribution in [2.45, 2.75) is 6.54 Å². The minimum Gasteiger partial charge on any atom is -0.497 e. The lowest BCUT2D eigenvalue weighted by molar-refractivity contribution is -0.114. The fourth-order valence-corrected chi connectivity index (χ4v) is 2.69. The van der Waals surface area contributed by atoms with E-state index in [0.29, 0.717) is 23.5 Å². The third-order valence-electron chi connectivity index (χ3n) is 3.43. The predicted octanol–water partition coefficient (Wildman–Crippen LogP) is 3.03. The molecule has 0 radical (unpaired) electrons. The van der Waals surface area contributed by atoms with Gasteiger partial charge in [-0.15, -0.1) is 0 Å². The zero-order chi connectivity index (χ0) is 15.0. The topological polar surface area (TPSA) is 46.6 Å². The summed E-state index contributed by atoms with van der Waals surface area (Å²) in [6.07, 6.45) is 0.